The molecular weight excluding hydrogens is 288 g/mol. The lowest BCUT2D eigenvalue weighted by Crippen LogP contribution is -2.43. The third-order valence-corrected chi connectivity index (χ3v) is 4.61. The summed E-state index contributed by atoms with van der Waals surface area (Å²) in [4.78, 5) is 19.1. The fourth-order valence-corrected chi connectivity index (χ4v) is 3.57. The summed E-state index contributed by atoms with van der Waals surface area (Å²) in [5.41, 5.74) is 2.24. The van der Waals surface area contributed by atoms with Gasteiger partial charge in [0, 0.05) is 25.0 Å². The lowest BCUT2D eigenvalue weighted by atomic mass is 9.96. The van der Waals surface area contributed by atoms with Gasteiger partial charge in [-0.3, -0.25) is 4.79 Å². The Morgan fingerprint density at radius 3 is 2.91 bits per heavy atom. The van der Waals surface area contributed by atoms with Gasteiger partial charge in [-0.25, -0.2) is 4.98 Å². The zero-order valence-corrected chi connectivity index (χ0v) is 14.2. The number of carbonyl (C=O) groups is 1. The smallest absolute Gasteiger partial charge is 0.236 e. The van der Waals surface area contributed by atoms with Crippen molar-refractivity contribution >= 4 is 16.9 Å². The molecule has 23 heavy (non-hydrogen) atoms. The van der Waals surface area contributed by atoms with Crippen LogP contribution in [-0.2, 0) is 4.79 Å². The van der Waals surface area contributed by atoms with Crippen LogP contribution in [0.4, 0.5) is 0 Å². The number of benzene rings is 1. The van der Waals surface area contributed by atoms with Crippen LogP contribution < -0.4 is 5.32 Å². The fourth-order valence-electron chi connectivity index (χ4n) is 3.57. The molecule has 0 saturated carbocycles. The highest BCUT2D eigenvalue weighted by molar-refractivity contribution is 5.78. The first-order valence-corrected chi connectivity index (χ1v) is 8.51. The third kappa shape index (κ3) is 3.11. The number of amides is 1. The number of rotatable bonds is 4. The Morgan fingerprint density at radius 1 is 1.39 bits per heavy atom. The highest BCUT2D eigenvalue weighted by Crippen LogP contribution is 2.31. The molecule has 0 radical (unpaired) electrons. The number of likely N-dealkylation sites (tertiary alicyclic amines) is 1. The minimum absolute atomic E-state index is 0.185. The Kier molecular flexibility index (Phi) is 4.66. The second kappa shape index (κ2) is 6.71. The molecule has 1 N–H and O–H groups in total. The molecule has 0 spiro atoms. The van der Waals surface area contributed by atoms with Crippen LogP contribution in [0, 0.1) is 0 Å². The summed E-state index contributed by atoms with van der Waals surface area (Å²) < 4.78 is 2.34. The van der Waals surface area contributed by atoms with E-state index in [2.05, 4.69) is 41.9 Å². The highest BCUT2D eigenvalue weighted by Gasteiger charge is 2.28. The Hall–Kier alpha value is -1.88. The zero-order chi connectivity index (χ0) is 16.4. The first kappa shape index (κ1) is 16.0. The Labute approximate surface area is 137 Å². The van der Waals surface area contributed by atoms with Gasteiger partial charge >= 0.3 is 0 Å². The molecule has 124 valence electrons. The number of nitrogens with zero attached hydrogens (tertiary/aromatic N) is 3. The second-order valence-electron chi connectivity index (χ2n) is 6.63. The molecule has 1 aromatic carbocycles. The van der Waals surface area contributed by atoms with Gasteiger partial charge < -0.3 is 14.8 Å². The van der Waals surface area contributed by atoms with Crippen molar-refractivity contribution in [3.05, 3.63) is 30.1 Å². The van der Waals surface area contributed by atoms with E-state index in [4.69, 9.17) is 4.98 Å². The van der Waals surface area contributed by atoms with Crippen molar-refractivity contribution in [3.8, 4) is 0 Å². The number of imidazole rings is 1. The van der Waals surface area contributed by atoms with Gasteiger partial charge in [0.2, 0.25) is 5.91 Å². The number of nitrogens with one attached hydrogen (secondary N) is 1. The first-order chi connectivity index (χ1) is 11.1. The summed E-state index contributed by atoms with van der Waals surface area (Å²) in [5.74, 6) is 1.63. The van der Waals surface area contributed by atoms with E-state index in [1.165, 1.54) is 5.52 Å². The monoisotopic (exact) mass is 314 g/mol. The van der Waals surface area contributed by atoms with E-state index in [1.807, 2.05) is 18.0 Å². The van der Waals surface area contributed by atoms with Crippen LogP contribution in [0.1, 0.15) is 44.5 Å². The summed E-state index contributed by atoms with van der Waals surface area (Å²) >= 11 is 0. The van der Waals surface area contributed by atoms with Crippen molar-refractivity contribution in [1.82, 2.24) is 19.8 Å². The molecule has 1 amide bonds. The number of aromatic nitrogens is 2. The van der Waals surface area contributed by atoms with Crippen molar-refractivity contribution in [2.45, 2.75) is 38.6 Å². The maximum atomic E-state index is 12.2. The molecule has 2 aromatic rings. The first-order valence-electron chi connectivity index (χ1n) is 8.51. The molecule has 0 aliphatic carbocycles. The minimum Gasteiger partial charge on any atom is -0.341 e. The quantitative estimate of drug-likeness (QED) is 0.943. The SMILES string of the molecule is CNCC(=O)N1CCCC(c2nc3ccccc3n2C(C)C)C1. The average Bonchev–Trinajstić information content (AvgIpc) is 2.95. The maximum absolute atomic E-state index is 12.2. The predicted octanol–water partition coefficient (Wildman–Crippen LogP) is 2.54. The molecule has 0 bridgehead atoms. The Morgan fingerprint density at radius 2 is 2.17 bits per heavy atom. The number of para-hydroxylation sites is 2. The van der Waals surface area contributed by atoms with Crippen LogP contribution in [0.3, 0.4) is 0 Å². The average molecular weight is 314 g/mol. The van der Waals surface area contributed by atoms with Crippen LogP contribution in [0.5, 0.6) is 0 Å². The molecule has 1 saturated heterocycles. The van der Waals surface area contributed by atoms with E-state index in [0.29, 0.717) is 18.5 Å². The largest absolute Gasteiger partial charge is 0.341 e. The summed E-state index contributed by atoms with van der Waals surface area (Å²) in [6.07, 6.45) is 2.14. The number of carbonyl (C=O) groups excluding carboxylic acids is 1. The lowest BCUT2D eigenvalue weighted by molar-refractivity contribution is -0.131. The van der Waals surface area contributed by atoms with Crippen molar-refractivity contribution in [2.75, 3.05) is 26.7 Å². The minimum atomic E-state index is 0.185. The van der Waals surface area contributed by atoms with Gasteiger partial charge in [-0.2, -0.15) is 0 Å². The summed E-state index contributed by atoms with van der Waals surface area (Å²) in [6.45, 7) is 6.44. The molecule has 1 aliphatic rings. The van der Waals surface area contributed by atoms with Gasteiger partial charge in [0.1, 0.15) is 5.82 Å². The normalized spacial score (nSPS) is 18.8. The molecular formula is C18H26N4O. The molecule has 2 heterocycles. The van der Waals surface area contributed by atoms with Gasteiger partial charge in [-0.05, 0) is 45.9 Å². The van der Waals surface area contributed by atoms with E-state index >= 15 is 0 Å². The number of fused-ring (bicyclic) bond motifs is 1. The van der Waals surface area contributed by atoms with Crippen LogP contribution in [-0.4, -0.2) is 47.0 Å². The van der Waals surface area contributed by atoms with Crippen LogP contribution in [0.15, 0.2) is 24.3 Å². The molecule has 3 rings (SSSR count). The van der Waals surface area contributed by atoms with Crippen molar-refractivity contribution < 1.29 is 4.79 Å². The van der Waals surface area contributed by atoms with E-state index in [1.54, 1.807) is 0 Å². The Balaban J connectivity index is 1.93. The molecule has 1 aromatic heterocycles. The zero-order valence-electron chi connectivity index (χ0n) is 14.2. The Bertz CT molecular complexity index is 691. The van der Waals surface area contributed by atoms with E-state index < -0.39 is 0 Å². The highest BCUT2D eigenvalue weighted by atomic mass is 16.2. The molecule has 5 nitrogen and oxygen atoms in total. The molecule has 1 atom stereocenters. The van der Waals surface area contributed by atoms with Crippen molar-refractivity contribution in [2.24, 2.45) is 0 Å². The number of likely N-dealkylation sites (N-methyl/N-ethyl adjacent to an activating group) is 1. The van der Waals surface area contributed by atoms with Gasteiger partial charge in [-0.15, -0.1) is 0 Å². The third-order valence-electron chi connectivity index (χ3n) is 4.61. The van der Waals surface area contributed by atoms with Crippen LogP contribution in [0.2, 0.25) is 0 Å². The van der Waals surface area contributed by atoms with E-state index in [-0.39, 0.29) is 5.91 Å². The summed E-state index contributed by atoms with van der Waals surface area (Å²) in [5, 5.41) is 2.96. The van der Waals surface area contributed by atoms with E-state index in [0.717, 1.165) is 37.3 Å². The van der Waals surface area contributed by atoms with Gasteiger partial charge in [0.15, 0.2) is 0 Å². The van der Waals surface area contributed by atoms with E-state index in [9.17, 15) is 4.79 Å². The second-order valence-corrected chi connectivity index (χ2v) is 6.63. The molecule has 1 unspecified atom stereocenters. The summed E-state index contributed by atoms with van der Waals surface area (Å²) in [6, 6.07) is 8.67. The van der Waals surface area contributed by atoms with Gasteiger partial charge in [0.05, 0.1) is 17.6 Å². The van der Waals surface area contributed by atoms with Gasteiger partial charge in [-0.1, -0.05) is 12.1 Å². The van der Waals surface area contributed by atoms with Crippen molar-refractivity contribution in [3.63, 3.8) is 0 Å². The number of hydrogen-bond donors (Lipinski definition) is 1. The standard InChI is InChI=1S/C18H26N4O/c1-13(2)22-16-9-5-4-8-15(16)20-18(22)14-7-6-10-21(12-14)17(23)11-19-3/h4-5,8-9,13-14,19H,6-7,10-12H2,1-3H3. The molecule has 1 aliphatic heterocycles. The topological polar surface area (TPSA) is 50.2 Å². The van der Waals surface area contributed by atoms with Crippen LogP contribution in [0.25, 0.3) is 11.0 Å². The molecule has 1 fully saturated rings. The number of hydrogen-bond acceptors (Lipinski definition) is 3. The lowest BCUT2D eigenvalue weighted by Gasteiger charge is -2.33. The van der Waals surface area contributed by atoms with Gasteiger partial charge in [0.25, 0.3) is 0 Å². The van der Waals surface area contributed by atoms with Crippen LogP contribution >= 0.6 is 0 Å². The number of piperidine rings is 1. The maximum Gasteiger partial charge on any atom is 0.236 e. The van der Waals surface area contributed by atoms with Crippen molar-refractivity contribution in [1.29, 1.82) is 0 Å². The fraction of sp³-hybridized carbons (Fsp3) is 0.556. The summed E-state index contributed by atoms with van der Waals surface area (Å²) in [7, 11) is 1.82. The predicted molar refractivity (Wildman–Crippen MR) is 92.6 cm³/mol. The molecule has 5 heteroatoms.